The molecule has 0 aromatic carbocycles. The van der Waals surface area contributed by atoms with E-state index in [4.69, 9.17) is 0 Å². The van der Waals surface area contributed by atoms with Gasteiger partial charge >= 0.3 is 0 Å². The number of thiophene rings is 1. The topological polar surface area (TPSA) is 41.6 Å². The highest BCUT2D eigenvalue weighted by Gasteiger charge is 2.23. The molecule has 0 spiro atoms. The lowest BCUT2D eigenvalue weighted by Crippen LogP contribution is -1.89. The Morgan fingerprint density at radius 2 is 2.43 bits per heavy atom. The van der Waals surface area contributed by atoms with Crippen molar-refractivity contribution < 1.29 is 0 Å². The standard InChI is InChI=1S/C10H11N3S/c1-2-8(14-5-1)10-11-9(12-13-10)6-7-3-4-7/h1-2,5,7H,3-4,6H2,(H,11,12,13). The maximum absolute atomic E-state index is 4.48. The van der Waals surface area contributed by atoms with Gasteiger partial charge in [-0.15, -0.1) is 11.3 Å². The summed E-state index contributed by atoms with van der Waals surface area (Å²) in [6.07, 6.45) is 3.78. The van der Waals surface area contributed by atoms with Crippen molar-refractivity contribution in [2.75, 3.05) is 0 Å². The van der Waals surface area contributed by atoms with Crippen LogP contribution >= 0.6 is 11.3 Å². The highest BCUT2D eigenvalue weighted by molar-refractivity contribution is 7.13. The molecule has 0 aliphatic heterocycles. The van der Waals surface area contributed by atoms with Gasteiger partial charge in [-0.2, -0.15) is 5.10 Å². The van der Waals surface area contributed by atoms with Gasteiger partial charge in [0.2, 0.25) is 0 Å². The van der Waals surface area contributed by atoms with Crippen LogP contribution in [0.15, 0.2) is 17.5 Å². The largest absolute Gasteiger partial charge is 0.263 e. The first kappa shape index (κ1) is 8.17. The maximum atomic E-state index is 4.48. The highest BCUT2D eigenvalue weighted by atomic mass is 32.1. The molecule has 1 N–H and O–H groups in total. The van der Waals surface area contributed by atoms with Gasteiger partial charge in [-0.25, -0.2) is 4.98 Å². The molecule has 14 heavy (non-hydrogen) atoms. The van der Waals surface area contributed by atoms with Gasteiger partial charge < -0.3 is 0 Å². The predicted octanol–water partition coefficient (Wildman–Crippen LogP) is 2.49. The van der Waals surface area contributed by atoms with E-state index in [0.717, 1.165) is 28.9 Å². The van der Waals surface area contributed by atoms with Crippen molar-refractivity contribution in [2.45, 2.75) is 19.3 Å². The Labute approximate surface area is 86.2 Å². The average Bonchev–Trinajstić information content (AvgIpc) is 2.71. The van der Waals surface area contributed by atoms with Gasteiger partial charge in [-0.1, -0.05) is 6.07 Å². The van der Waals surface area contributed by atoms with E-state index in [1.54, 1.807) is 11.3 Å². The number of hydrogen-bond donors (Lipinski definition) is 1. The van der Waals surface area contributed by atoms with Crippen LogP contribution in [0.3, 0.4) is 0 Å². The van der Waals surface area contributed by atoms with Crippen molar-refractivity contribution in [2.24, 2.45) is 5.92 Å². The van der Waals surface area contributed by atoms with Crippen LogP contribution in [0.25, 0.3) is 10.7 Å². The highest BCUT2D eigenvalue weighted by Crippen LogP contribution is 2.32. The number of nitrogens with zero attached hydrogens (tertiary/aromatic N) is 2. The lowest BCUT2D eigenvalue weighted by molar-refractivity contribution is 0.774. The zero-order valence-electron chi connectivity index (χ0n) is 7.73. The van der Waals surface area contributed by atoms with Gasteiger partial charge in [0.15, 0.2) is 5.82 Å². The minimum absolute atomic E-state index is 0.843. The molecule has 1 aliphatic carbocycles. The summed E-state index contributed by atoms with van der Waals surface area (Å²) in [4.78, 5) is 5.62. The van der Waals surface area contributed by atoms with Crippen molar-refractivity contribution in [3.63, 3.8) is 0 Å². The van der Waals surface area contributed by atoms with Crippen molar-refractivity contribution in [1.82, 2.24) is 15.2 Å². The number of hydrogen-bond acceptors (Lipinski definition) is 3. The van der Waals surface area contributed by atoms with Crippen molar-refractivity contribution in [3.05, 3.63) is 23.3 Å². The first-order valence-electron chi connectivity index (χ1n) is 4.87. The van der Waals surface area contributed by atoms with Crippen molar-refractivity contribution >= 4 is 11.3 Å². The van der Waals surface area contributed by atoms with E-state index >= 15 is 0 Å². The zero-order valence-corrected chi connectivity index (χ0v) is 8.55. The molecule has 0 atom stereocenters. The number of aromatic amines is 1. The number of rotatable bonds is 3. The van der Waals surface area contributed by atoms with Gasteiger partial charge in [0.25, 0.3) is 0 Å². The molecule has 1 fully saturated rings. The summed E-state index contributed by atoms with van der Waals surface area (Å²) in [5, 5.41) is 9.27. The van der Waals surface area contributed by atoms with Crippen molar-refractivity contribution in [3.8, 4) is 10.7 Å². The average molecular weight is 205 g/mol. The van der Waals surface area contributed by atoms with Crippen LogP contribution in [-0.4, -0.2) is 15.2 Å². The van der Waals surface area contributed by atoms with E-state index in [1.165, 1.54) is 12.8 Å². The van der Waals surface area contributed by atoms with E-state index in [0.29, 0.717) is 0 Å². The summed E-state index contributed by atoms with van der Waals surface area (Å²) in [6, 6.07) is 4.08. The van der Waals surface area contributed by atoms with Crippen LogP contribution < -0.4 is 0 Å². The van der Waals surface area contributed by atoms with E-state index in [-0.39, 0.29) is 0 Å². The summed E-state index contributed by atoms with van der Waals surface area (Å²) < 4.78 is 0. The summed E-state index contributed by atoms with van der Waals surface area (Å²) in [5.74, 6) is 2.74. The summed E-state index contributed by atoms with van der Waals surface area (Å²) >= 11 is 1.68. The Morgan fingerprint density at radius 1 is 1.50 bits per heavy atom. The Hall–Kier alpha value is -1.16. The quantitative estimate of drug-likeness (QED) is 0.836. The Morgan fingerprint density at radius 3 is 3.14 bits per heavy atom. The van der Waals surface area contributed by atoms with Crippen molar-refractivity contribution in [1.29, 1.82) is 0 Å². The van der Waals surface area contributed by atoms with E-state index < -0.39 is 0 Å². The Bertz CT molecular complexity index is 414. The third-order valence-corrected chi connectivity index (χ3v) is 3.32. The second-order valence-electron chi connectivity index (χ2n) is 3.73. The van der Waals surface area contributed by atoms with Crippen LogP contribution in [0, 0.1) is 5.92 Å². The number of nitrogens with one attached hydrogen (secondary N) is 1. The minimum Gasteiger partial charge on any atom is -0.263 e. The van der Waals surface area contributed by atoms with Gasteiger partial charge in [-0.05, 0) is 30.2 Å². The van der Waals surface area contributed by atoms with E-state index in [9.17, 15) is 0 Å². The lowest BCUT2D eigenvalue weighted by atomic mass is 10.3. The number of aromatic nitrogens is 3. The fraction of sp³-hybridized carbons (Fsp3) is 0.400. The summed E-state index contributed by atoms with van der Waals surface area (Å²) in [5.41, 5.74) is 0. The van der Waals surface area contributed by atoms with Crippen LogP contribution in [0.2, 0.25) is 0 Å². The molecular weight excluding hydrogens is 194 g/mol. The molecule has 2 aromatic heterocycles. The first-order valence-corrected chi connectivity index (χ1v) is 5.75. The maximum Gasteiger partial charge on any atom is 0.191 e. The van der Waals surface area contributed by atoms with Gasteiger partial charge in [0.1, 0.15) is 5.82 Å². The molecule has 3 rings (SSSR count). The third-order valence-electron chi connectivity index (χ3n) is 2.45. The molecule has 0 saturated heterocycles. The van der Waals surface area contributed by atoms with Crippen LogP contribution in [0.1, 0.15) is 18.7 Å². The molecule has 2 heterocycles. The fourth-order valence-electron chi connectivity index (χ4n) is 1.50. The molecule has 3 nitrogen and oxygen atoms in total. The van der Waals surface area contributed by atoms with E-state index in [1.807, 2.05) is 11.4 Å². The molecule has 1 saturated carbocycles. The summed E-state index contributed by atoms with van der Waals surface area (Å²) in [6.45, 7) is 0. The van der Waals surface area contributed by atoms with Gasteiger partial charge in [-0.3, -0.25) is 5.10 Å². The normalized spacial score (nSPS) is 16.0. The molecule has 0 radical (unpaired) electrons. The number of H-pyrrole nitrogens is 1. The second-order valence-corrected chi connectivity index (χ2v) is 4.68. The molecule has 2 aromatic rings. The molecule has 72 valence electrons. The molecule has 0 amide bonds. The SMILES string of the molecule is c1csc(-c2n[nH]c(CC3CC3)n2)c1. The molecule has 4 heteroatoms. The smallest absolute Gasteiger partial charge is 0.191 e. The van der Waals surface area contributed by atoms with Crippen LogP contribution in [0.4, 0.5) is 0 Å². The molecule has 0 unspecified atom stereocenters. The first-order chi connectivity index (χ1) is 6.92. The van der Waals surface area contributed by atoms with Gasteiger partial charge in [0.05, 0.1) is 4.88 Å². The lowest BCUT2D eigenvalue weighted by Gasteiger charge is -1.88. The van der Waals surface area contributed by atoms with Gasteiger partial charge in [0, 0.05) is 6.42 Å². The van der Waals surface area contributed by atoms with Crippen LogP contribution in [-0.2, 0) is 6.42 Å². The molecular formula is C10H11N3S. The Balaban J connectivity index is 1.82. The predicted molar refractivity (Wildman–Crippen MR) is 56.1 cm³/mol. The molecule has 1 aliphatic rings. The fourth-order valence-corrected chi connectivity index (χ4v) is 2.16. The monoisotopic (exact) mass is 205 g/mol. The molecule has 0 bridgehead atoms. The Kier molecular flexibility index (Phi) is 1.87. The van der Waals surface area contributed by atoms with Crippen LogP contribution in [0.5, 0.6) is 0 Å². The zero-order chi connectivity index (χ0) is 9.38. The second kappa shape index (κ2) is 3.20. The summed E-state index contributed by atoms with van der Waals surface area (Å²) in [7, 11) is 0. The minimum atomic E-state index is 0.843. The third kappa shape index (κ3) is 1.57. The van der Waals surface area contributed by atoms with E-state index in [2.05, 4.69) is 21.2 Å².